The maximum absolute atomic E-state index is 12.8. The molecular formula is C8H9F2N2+. The summed E-state index contributed by atoms with van der Waals surface area (Å²) in [7, 11) is 0. The van der Waals surface area contributed by atoms with Crippen LogP contribution in [0.3, 0.4) is 0 Å². The maximum atomic E-state index is 12.8. The summed E-state index contributed by atoms with van der Waals surface area (Å²) in [5.74, 6) is -1.24. The van der Waals surface area contributed by atoms with Crippen LogP contribution < -0.4 is 11.1 Å². The molecule has 0 fully saturated rings. The van der Waals surface area contributed by atoms with Gasteiger partial charge in [0.2, 0.25) is 5.84 Å². The van der Waals surface area contributed by atoms with E-state index in [-0.39, 0.29) is 17.8 Å². The van der Waals surface area contributed by atoms with Gasteiger partial charge in [-0.15, -0.1) is 0 Å². The van der Waals surface area contributed by atoms with Gasteiger partial charge in [0.05, 0.1) is 6.42 Å². The zero-order chi connectivity index (χ0) is 9.14. The summed E-state index contributed by atoms with van der Waals surface area (Å²) in [6.45, 7) is 0. The van der Waals surface area contributed by atoms with Crippen molar-refractivity contribution in [2.75, 3.05) is 0 Å². The minimum absolute atomic E-state index is 0.000926. The minimum Gasteiger partial charge on any atom is -0.291 e. The van der Waals surface area contributed by atoms with E-state index in [1.165, 1.54) is 18.2 Å². The van der Waals surface area contributed by atoms with Crippen molar-refractivity contribution >= 4 is 5.84 Å². The Labute approximate surface area is 68.5 Å². The van der Waals surface area contributed by atoms with E-state index in [0.29, 0.717) is 0 Å². The second kappa shape index (κ2) is 3.30. The van der Waals surface area contributed by atoms with Gasteiger partial charge in [-0.25, -0.2) is 8.78 Å². The predicted molar refractivity (Wildman–Crippen MR) is 41.2 cm³/mol. The lowest BCUT2D eigenvalue weighted by molar-refractivity contribution is -0.117. The molecule has 0 bridgehead atoms. The molecule has 64 valence electrons. The van der Waals surface area contributed by atoms with Crippen molar-refractivity contribution in [1.29, 1.82) is 0 Å². The number of rotatable bonds is 2. The Hall–Kier alpha value is -1.45. The molecule has 0 aromatic heterocycles. The third-order valence-corrected chi connectivity index (χ3v) is 1.44. The van der Waals surface area contributed by atoms with Crippen LogP contribution in [0.15, 0.2) is 18.2 Å². The first kappa shape index (κ1) is 8.64. The van der Waals surface area contributed by atoms with Crippen LogP contribution >= 0.6 is 0 Å². The van der Waals surface area contributed by atoms with Gasteiger partial charge < -0.3 is 0 Å². The van der Waals surface area contributed by atoms with E-state index in [1.54, 1.807) is 0 Å². The molecule has 1 aromatic rings. The third-order valence-electron chi connectivity index (χ3n) is 1.44. The van der Waals surface area contributed by atoms with Crippen molar-refractivity contribution in [2.45, 2.75) is 6.42 Å². The van der Waals surface area contributed by atoms with Crippen LogP contribution in [0.4, 0.5) is 8.78 Å². The van der Waals surface area contributed by atoms with E-state index in [1.807, 2.05) is 0 Å². The fraction of sp³-hybridized carbons (Fsp3) is 0.125. The first-order chi connectivity index (χ1) is 5.61. The molecule has 0 aliphatic rings. The third kappa shape index (κ3) is 1.78. The van der Waals surface area contributed by atoms with Crippen molar-refractivity contribution in [3.8, 4) is 0 Å². The molecule has 0 aliphatic carbocycles. The molecule has 0 unspecified atom stereocenters. The first-order valence-corrected chi connectivity index (χ1v) is 3.41. The second-order valence-electron chi connectivity index (χ2n) is 2.45. The van der Waals surface area contributed by atoms with Crippen LogP contribution in [-0.2, 0) is 6.42 Å². The summed E-state index contributed by atoms with van der Waals surface area (Å²) in [5, 5.41) is 5.12. The predicted octanol–water partition coefficient (Wildman–Crippen LogP) is -0.376. The standard InChI is InChI=1S/C8H8F2N2/c9-6-2-1-3-7(10)5(6)4-8(11)12/h1-3H,4H2,(H3,11,12)/p+1. The average Bonchev–Trinajstić information content (AvgIpc) is 1.97. The largest absolute Gasteiger partial charge is 0.291 e. The Morgan fingerprint density at radius 2 is 1.83 bits per heavy atom. The minimum atomic E-state index is -0.622. The lowest BCUT2D eigenvalue weighted by Gasteiger charge is -1.99. The highest BCUT2D eigenvalue weighted by Gasteiger charge is 2.10. The van der Waals surface area contributed by atoms with Crippen LogP contribution in [0.2, 0.25) is 0 Å². The highest BCUT2D eigenvalue weighted by atomic mass is 19.1. The van der Waals surface area contributed by atoms with Gasteiger partial charge in [-0.1, -0.05) is 6.07 Å². The highest BCUT2D eigenvalue weighted by molar-refractivity contribution is 5.76. The van der Waals surface area contributed by atoms with Gasteiger partial charge in [-0.3, -0.25) is 11.1 Å². The molecule has 0 atom stereocenters. The molecule has 12 heavy (non-hydrogen) atoms. The van der Waals surface area contributed by atoms with Gasteiger partial charge in [-0.05, 0) is 12.1 Å². The van der Waals surface area contributed by atoms with Crippen LogP contribution in [0.5, 0.6) is 0 Å². The van der Waals surface area contributed by atoms with E-state index in [0.717, 1.165) is 0 Å². The van der Waals surface area contributed by atoms with E-state index in [4.69, 9.17) is 11.1 Å². The van der Waals surface area contributed by atoms with Gasteiger partial charge in [-0.2, -0.15) is 0 Å². The Kier molecular flexibility index (Phi) is 2.38. The normalized spacial score (nSPS) is 9.83. The molecule has 0 aliphatic heterocycles. The van der Waals surface area contributed by atoms with E-state index >= 15 is 0 Å². The lowest BCUT2D eigenvalue weighted by Crippen LogP contribution is -2.47. The molecule has 0 amide bonds. The summed E-state index contributed by atoms with van der Waals surface area (Å²) >= 11 is 0. The molecular weight excluding hydrogens is 162 g/mol. The van der Waals surface area contributed by atoms with E-state index < -0.39 is 11.6 Å². The summed E-state index contributed by atoms with van der Waals surface area (Å²) in [6.07, 6.45) is -0.0709. The Morgan fingerprint density at radius 3 is 2.25 bits per heavy atom. The van der Waals surface area contributed by atoms with Crippen molar-refractivity contribution in [1.82, 2.24) is 0 Å². The molecule has 0 saturated heterocycles. The number of hydrogen-bond acceptors (Lipinski definition) is 0. The number of benzene rings is 1. The zero-order valence-electron chi connectivity index (χ0n) is 6.35. The van der Waals surface area contributed by atoms with Crippen molar-refractivity contribution in [2.24, 2.45) is 5.73 Å². The van der Waals surface area contributed by atoms with E-state index in [2.05, 4.69) is 0 Å². The molecule has 1 rings (SSSR count). The molecule has 4 N–H and O–H groups in total. The lowest BCUT2D eigenvalue weighted by atomic mass is 10.1. The monoisotopic (exact) mass is 171 g/mol. The fourth-order valence-corrected chi connectivity index (χ4v) is 0.905. The Balaban J connectivity index is 3.04. The Bertz CT molecular complexity index is 290. The fourth-order valence-electron chi connectivity index (χ4n) is 0.905. The molecule has 0 saturated carbocycles. The van der Waals surface area contributed by atoms with Crippen LogP contribution in [0.1, 0.15) is 5.56 Å². The van der Waals surface area contributed by atoms with Gasteiger partial charge >= 0.3 is 0 Å². The highest BCUT2D eigenvalue weighted by Crippen LogP contribution is 2.11. The van der Waals surface area contributed by atoms with E-state index in [9.17, 15) is 8.78 Å². The maximum Gasteiger partial charge on any atom is 0.242 e. The number of halogens is 2. The van der Waals surface area contributed by atoms with Crippen molar-refractivity contribution < 1.29 is 14.2 Å². The van der Waals surface area contributed by atoms with Gasteiger partial charge in [0.15, 0.2) is 0 Å². The average molecular weight is 171 g/mol. The summed E-state index contributed by atoms with van der Waals surface area (Å²) in [5.41, 5.74) is 5.04. The topological polar surface area (TPSA) is 51.6 Å². The van der Waals surface area contributed by atoms with Crippen LogP contribution in [0.25, 0.3) is 0 Å². The molecule has 4 heteroatoms. The van der Waals surface area contributed by atoms with Gasteiger partial charge in [0, 0.05) is 5.56 Å². The van der Waals surface area contributed by atoms with Crippen molar-refractivity contribution in [3.63, 3.8) is 0 Å². The summed E-state index contributed by atoms with van der Waals surface area (Å²) in [6, 6.07) is 3.63. The molecule has 2 nitrogen and oxygen atoms in total. The second-order valence-corrected chi connectivity index (χ2v) is 2.45. The molecule has 1 aromatic carbocycles. The van der Waals surface area contributed by atoms with Crippen molar-refractivity contribution in [3.05, 3.63) is 35.4 Å². The van der Waals surface area contributed by atoms with Gasteiger partial charge in [0.1, 0.15) is 11.6 Å². The van der Waals surface area contributed by atoms with Crippen LogP contribution in [-0.4, -0.2) is 5.84 Å². The zero-order valence-corrected chi connectivity index (χ0v) is 6.35. The number of nitrogens with two attached hydrogens (primary N) is 2. The Morgan fingerprint density at radius 1 is 1.33 bits per heavy atom. The smallest absolute Gasteiger partial charge is 0.242 e. The summed E-state index contributed by atoms with van der Waals surface area (Å²) < 4.78 is 25.7. The first-order valence-electron chi connectivity index (χ1n) is 3.41. The molecule has 0 radical (unpaired) electrons. The SMILES string of the molecule is NC(=[NH2+])Cc1c(F)cccc1F. The molecule has 0 spiro atoms. The quantitative estimate of drug-likeness (QED) is 0.462. The number of amidine groups is 1. The number of hydrogen-bond donors (Lipinski definition) is 2. The molecule has 0 heterocycles. The van der Waals surface area contributed by atoms with Crippen LogP contribution in [0, 0.1) is 11.6 Å². The van der Waals surface area contributed by atoms with Gasteiger partial charge in [0.25, 0.3) is 0 Å². The summed E-state index contributed by atoms with van der Waals surface area (Å²) in [4.78, 5) is 0.